The van der Waals surface area contributed by atoms with Gasteiger partial charge in [0.1, 0.15) is 4.90 Å². The first-order valence-electron chi connectivity index (χ1n) is 5.64. The van der Waals surface area contributed by atoms with Crippen LogP contribution in [0.25, 0.3) is 0 Å². The summed E-state index contributed by atoms with van der Waals surface area (Å²) in [5.74, 6) is 0. The molecule has 106 valence electrons. The lowest BCUT2D eigenvalue weighted by Gasteiger charge is -2.12. The van der Waals surface area contributed by atoms with Crippen molar-refractivity contribution in [3.8, 4) is 0 Å². The largest absolute Gasteiger partial charge is 0.399 e. The van der Waals surface area contributed by atoms with E-state index in [1.165, 1.54) is 6.07 Å². The summed E-state index contributed by atoms with van der Waals surface area (Å²) in [6, 6.07) is 9.94. The molecule has 2 aromatic carbocycles. The Morgan fingerprint density at radius 3 is 2.50 bits per heavy atom. The van der Waals surface area contributed by atoms with Crippen LogP contribution in [0.15, 0.2) is 50.2 Å². The highest BCUT2D eigenvalue weighted by Gasteiger charge is 2.19. The minimum Gasteiger partial charge on any atom is -0.399 e. The fourth-order valence-electron chi connectivity index (χ4n) is 1.66. The van der Waals surface area contributed by atoms with E-state index in [0.717, 1.165) is 10.0 Å². The number of aryl methyl sites for hydroxylation is 1. The van der Waals surface area contributed by atoms with Crippen molar-refractivity contribution in [1.29, 1.82) is 0 Å². The van der Waals surface area contributed by atoms with Crippen molar-refractivity contribution in [3.63, 3.8) is 0 Å². The average molecular weight is 420 g/mol. The molecule has 0 heterocycles. The fourth-order valence-corrected chi connectivity index (χ4v) is 4.32. The number of nitrogens with one attached hydrogen (secondary N) is 1. The molecule has 0 radical (unpaired) electrons. The predicted octanol–water partition coefficient (Wildman–Crippen LogP) is 3.90. The molecular formula is C13H12Br2N2O2S. The predicted molar refractivity (Wildman–Crippen MR) is 88.2 cm³/mol. The summed E-state index contributed by atoms with van der Waals surface area (Å²) in [4.78, 5) is 0.139. The van der Waals surface area contributed by atoms with Crippen LogP contribution >= 0.6 is 31.9 Å². The average Bonchev–Trinajstić information content (AvgIpc) is 2.34. The summed E-state index contributed by atoms with van der Waals surface area (Å²) in [5, 5.41) is 0. The third-order valence-corrected chi connectivity index (χ3v) is 6.08. The SMILES string of the molecule is Cc1cccc(NS(=O)(=O)c2ccc(N)cc2Br)c1Br. The van der Waals surface area contributed by atoms with Gasteiger partial charge in [-0.25, -0.2) is 8.42 Å². The van der Waals surface area contributed by atoms with Crippen molar-refractivity contribution in [2.24, 2.45) is 0 Å². The lowest BCUT2D eigenvalue weighted by Crippen LogP contribution is -2.14. The number of rotatable bonds is 3. The molecule has 0 saturated carbocycles. The molecule has 0 aliphatic rings. The third kappa shape index (κ3) is 3.16. The van der Waals surface area contributed by atoms with E-state index in [4.69, 9.17) is 5.73 Å². The van der Waals surface area contributed by atoms with Gasteiger partial charge in [0.25, 0.3) is 10.0 Å². The number of hydrogen-bond donors (Lipinski definition) is 2. The van der Waals surface area contributed by atoms with Crippen LogP contribution in [0.1, 0.15) is 5.56 Å². The molecule has 7 heteroatoms. The molecule has 0 amide bonds. The monoisotopic (exact) mass is 418 g/mol. The topological polar surface area (TPSA) is 72.2 Å². The molecule has 0 unspecified atom stereocenters. The van der Waals surface area contributed by atoms with Crippen LogP contribution in [0.2, 0.25) is 0 Å². The zero-order chi connectivity index (χ0) is 14.9. The number of nitrogen functional groups attached to an aromatic ring is 1. The van der Waals surface area contributed by atoms with Crippen LogP contribution < -0.4 is 10.5 Å². The van der Waals surface area contributed by atoms with E-state index in [2.05, 4.69) is 36.6 Å². The van der Waals surface area contributed by atoms with Crippen molar-refractivity contribution in [2.75, 3.05) is 10.5 Å². The maximum Gasteiger partial charge on any atom is 0.263 e. The Labute approximate surface area is 134 Å². The van der Waals surface area contributed by atoms with E-state index >= 15 is 0 Å². The normalized spacial score (nSPS) is 11.3. The van der Waals surface area contributed by atoms with Crippen molar-refractivity contribution in [3.05, 3.63) is 50.9 Å². The smallest absolute Gasteiger partial charge is 0.263 e. The summed E-state index contributed by atoms with van der Waals surface area (Å²) in [6.07, 6.45) is 0. The maximum atomic E-state index is 12.4. The lowest BCUT2D eigenvalue weighted by molar-refractivity contribution is 0.601. The van der Waals surface area contributed by atoms with Crippen molar-refractivity contribution in [2.45, 2.75) is 11.8 Å². The van der Waals surface area contributed by atoms with Crippen LogP contribution in [0.4, 0.5) is 11.4 Å². The number of sulfonamides is 1. The molecule has 4 nitrogen and oxygen atoms in total. The maximum absolute atomic E-state index is 12.4. The van der Waals surface area contributed by atoms with Gasteiger partial charge in [0.15, 0.2) is 0 Å². The first-order chi connectivity index (χ1) is 9.31. The molecule has 0 aliphatic carbocycles. The van der Waals surface area contributed by atoms with E-state index in [9.17, 15) is 8.42 Å². The molecule has 2 aromatic rings. The van der Waals surface area contributed by atoms with Gasteiger partial charge >= 0.3 is 0 Å². The first kappa shape index (κ1) is 15.3. The van der Waals surface area contributed by atoms with Gasteiger partial charge in [-0.1, -0.05) is 12.1 Å². The van der Waals surface area contributed by atoms with E-state index in [1.807, 2.05) is 13.0 Å². The molecule has 20 heavy (non-hydrogen) atoms. The Bertz CT molecular complexity index is 761. The number of benzene rings is 2. The van der Waals surface area contributed by atoms with Crippen LogP contribution in [-0.4, -0.2) is 8.42 Å². The molecule has 0 bridgehead atoms. The van der Waals surface area contributed by atoms with Crippen LogP contribution in [0.3, 0.4) is 0 Å². The summed E-state index contributed by atoms with van der Waals surface area (Å²) in [6.45, 7) is 1.89. The van der Waals surface area contributed by atoms with Crippen molar-refractivity contribution < 1.29 is 8.42 Å². The van der Waals surface area contributed by atoms with E-state index in [0.29, 0.717) is 15.8 Å². The second-order valence-electron chi connectivity index (χ2n) is 4.23. The van der Waals surface area contributed by atoms with Crippen LogP contribution in [0, 0.1) is 6.92 Å². The quantitative estimate of drug-likeness (QED) is 0.741. The van der Waals surface area contributed by atoms with E-state index in [1.54, 1.807) is 24.3 Å². The summed E-state index contributed by atoms with van der Waals surface area (Å²) < 4.78 is 28.5. The van der Waals surface area contributed by atoms with Gasteiger partial charge in [-0.05, 0) is 68.6 Å². The van der Waals surface area contributed by atoms with Crippen LogP contribution in [0.5, 0.6) is 0 Å². The molecular weight excluding hydrogens is 408 g/mol. The minimum atomic E-state index is -3.68. The second kappa shape index (κ2) is 5.75. The Balaban J connectivity index is 2.44. The van der Waals surface area contributed by atoms with E-state index in [-0.39, 0.29) is 4.90 Å². The minimum absolute atomic E-state index is 0.139. The highest BCUT2D eigenvalue weighted by atomic mass is 79.9. The highest BCUT2D eigenvalue weighted by molar-refractivity contribution is 9.11. The Kier molecular flexibility index (Phi) is 4.41. The second-order valence-corrected chi connectivity index (χ2v) is 7.53. The zero-order valence-corrected chi connectivity index (χ0v) is 14.5. The lowest BCUT2D eigenvalue weighted by atomic mass is 10.2. The Morgan fingerprint density at radius 2 is 1.85 bits per heavy atom. The fraction of sp³-hybridized carbons (Fsp3) is 0.0769. The number of hydrogen-bond acceptors (Lipinski definition) is 3. The Hall–Kier alpha value is -1.05. The third-order valence-electron chi connectivity index (χ3n) is 2.68. The van der Waals surface area contributed by atoms with E-state index < -0.39 is 10.0 Å². The van der Waals surface area contributed by atoms with Gasteiger partial charge < -0.3 is 5.73 Å². The van der Waals surface area contributed by atoms with Gasteiger partial charge in [0.2, 0.25) is 0 Å². The number of halogens is 2. The molecule has 0 aliphatic heterocycles. The summed E-state index contributed by atoms with van der Waals surface area (Å²) >= 11 is 6.60. The van der Waals surface area contributed by atoms with Crippen molar-refractivity contribution >= 4 is 53.3 Å². The zero-order valence-electron chi connectivity index (χ0n) is 10.5. The van der Waals surface area contributed by atoms with Gasteiger partial charge in [-0.2, -0.15) is 0 Å². The number of nitrogens with two attached hydrogens (primary N) is 1. The molecule has 0 atom stereocenters. The molecule has 0 aromatic heterocycles. The Morgan fingerprint density at radius 1 is 1.15 bits per heavy atom. The van der Waals surface area contributed by atoms with Gasteiger partial charge in [-0.3, -0.25) is 4.72 Å². The molecule has 0 fully saturated rings. The standard InChI is InChI=1S/C13H12Br2N2O2S/c1-8-3-2-4-11(13(8)15)17-20(18,19)12-6-5-9(16)7-10(12)14/h2-7,17H,16H2,1H3. The summed E-state index contributed by atoms with van der Waals surface area (Å²) in [7, 11) is -3.68. The molecule has 0 saturated heterocycles. The van der Waals surface area contributed by atoms with Gasteiger partial charge in [0.05, 0.1) is 5.69 Å². The molecule has 0 spiro atoms. The van der Waals surface area contributed by atoms with Crippen LogP contribution in [-0.2, 0) is 10.0 Å². The van der Waals surface area contributed by atoms with Crippen molar-refractivity contribution in [1.82, 2.24) is 0 Å². The highest BCUT2D eigenvalue weighted by Crippen LogP contribution is 2.30. The first-order valence-corrected chi connectivity index (χ1v) is 8.71. The number of anilines is 2. The molecule has 3 N–H and O–H groups in total. The van der Waals surface area contributed by atoms with Gasteiger partial charge in [-0.15, -0.1) is 0 Å². The molecule has 2 rings (SSSR count). The summed E-state index contributed by atoms with van der Waals surface area (Å²) in [5.41, 5.74) is 7.55. The van der Waals surface area contributed by atoms with Gasteiger partial charge in [0, 0.05) is 14.6 Å².